The number of fused-ring (bicyclic) bond motifs is 1. The van der Waals surface area contributed by atoms with E-state index in [1.54, 1.807) is 32.2 Å². The van der Waals surface area contributed by atoms with Crippen LogP contribution in [0.3, 0.4) is 0 Å². The van der Waals surface area contributed by atoms with Gasteiger partial charge >= 0.3 is 12.0 Å². The first-order valence-electron chi connectivity index (χ1n) is 10.8. The lowest BCUT2D eigenvalue weighted by Crippen LogP contribution is -2.35. The Morgan fingerprint density at radius 1 is 1.12 bits per heavy atom. The molecule has 0 aliphatic carbocycles. The summed E-state index contributed by atoms with van der Waals surface area (Å²) in [6.07, 6.45) is 2.85. The highest BCUT2D eigenvalue weighted by Crippen LogP contribution is 2.32. The van der Waals surface area contributed by atoms with Gasteiger partial charge in [-0.15, -0.1) is 0 Å². The van der Waals surface area contributed by atoms with Gasteiger partial charge in [0, 0.05) is 19.3 Å². The molecule has 10 nitrogen and oxygen atoms in total. The van der Waals surface area contributed by atoms with Gasteiger partial charge in [-0.3, -0.25) is 14.3 Å². The van der Waals surface area contributed by atoms with E-state index in [4.69, 9.17) is 4.74 Å². The van der Waals surface area contributed by atoms with Crippen molar-refractivity contribution in [2.24, 2.45) is 7.05 Å². The molecular weight excluding hydrogens is 458 g/mol. The first kappa shape index (κ1) is 23.3. The van der Waals surface area contributed by atoms with Crippen LogP contribution in [0.5, 0.6) is 0 Å². The number of aryl methyl sites for hydroxylation is 2. The van der Waals surface area contributed by atoms with Crippen molar-refractivity contribution in [2.45, 2.75) is 24.7 Å². The fourth-order valence-corrected chi connectivity index (χ4v) is 5.41. The molecular formula is C23H25N5O5S. The Hall–Kier alpha value is -3.86. The molecule has 1 aromatic heterocycles. The fourth-order valence-electron chi connectivity index (χ4n) is 3.82. The van der Waals surface area contributed by atoms with Crippen molar-refractivity contribution >= 4 is 39.2 Å². The van der Waals surface area contributed by atoms with Crippen LogP contribution in [-0.2, 0) is 28.2 Å². The molecule has 0 saturated heterocycles. The number of rotatable bonds is 6. The molecule has 0 saturated carbocycles. The highest BCUT2D eigenvalue weighted by molar-refractivity contribution is 7.92. The molecule has 2 amide bonds. The van der Waals surface area contributed by atoms with Gasteiger partial charge in [0.15, 0.2) is 0 Å². The molecule has 178 valence electrons. The smallest absolute Gasteiger partial charge is 0.343 e. The average Bonchev–Trinajstić information content (AvgIpc) is 3.19. The van der Waals surface area contributed by atoms with E-state index >= 15 is 0 Å². The minimum atomic E-state index is -3.83. The van der Waals surface area contributed by atoms with Gasteiger partial charge in [0.05, 0.1) is 23.4 Å². The van der Waals surface area contributed by atoms with Crippen LogP contribution in [0.4, 0.5) is 22.0 Å². The number of hydrogen-bond donors (Lipinski definition) is 2. The van der Waals surface area contributed by atoms with Crippen molar-refractivity contribution in [1.29, 1.82) is 0 Å². The third kappa shape index (κ3) is 4.60. The van der Waals surface area contributed by atoms with E-state index in [9.17, 15) is 18.0 Å². The summed E-state index contributed by atoms with van der Waals surface area (Å²) in [6, 6.07) is 12.8. The van der Waals surface area contributed by atoms with E-state index in [1.807, 2.05) is 18.2 Å². The summed E-state index contributed by atoms with van der Waals surface area (Å²) in [5, 5.41) is 9.17. The van der Waals surface area contributed by atoms with E-state index in [0.29, 0.717) is 12.2 Å². The van der Waals surface area contributed by atoms with Crippen LogP contribution in [0.2, 0.25) is 0 Å². The first-order valence-corrected chi connectivity index (χ1v) is 12.2. The van der Waals surface area contributed by atoms with Crippen LogP contribution in [0, 0.1) is 0 Å². The molecule has 0 unspecified atom stereocenters. The maximum absolute atomic E-state index is 13.4. The molecule has 1 aliphatic heterocycles. The summed E-state index contributed by atoms with van der Waals surface area (Å²) in [5.41, 5.74) is 2.05. The third-order valence-electron chi connectivity index (χ3n) is 5.41. The Labute approximate surface area is 197 Å². The number of hydrogen-bond acceptors (Lipinski definition) is 6. The predicted octanol–water partition coefficient (Wildman–Crippen LogP) is 3.38. The number of esters is 1. The van der Waals surface area contributed by atoms with E-state index in [1.165, 1.54) is 27.3 Å². The summed E-state index contributed by atoms with van der Waals surface area (Å²) in [7, 11) is -2.26. The van der Waals surface area contributed by atoms with Crippen LogP contribution >= 0.6 is 0 Å². The number of sulfonamides is 1. The molecule has 0 spiro atoms. The highest BCUT2D eigenvalue weighted by Gasteiger charge is 2.29. The SMILES string of the molecule is CCOC(=O)c1cnn(C)c1NC(=O)Nc1cccc(S(=O)(=O)N2CCCc3ccccc32)c1. The zero-order chi connectivity index (χ0) is 24.3. The molecule has 2 heterocycles. The zero-order valence-electron chi connectivity index (χ0n) is 18.8. The molecule has 4 rings (SSSR count). The lowest BCUT2D eigenvalue weighted by atomic mass is 10.0. The maximum Gasteiger partial charge on any atom is 0.343 e. The van der Waals surface area contributed by atoms with Crippen LogP contribution < -0.4 is 14.9 Å². The summed E-state index contributed by atoms with van der Waals surface area (Å²) in [4.78, 5) is 24.8. The molecule has 0 fully saturated rings. The Morgan fingerprint density at radius 2 is 1.91 bits per heavy atom. The molecule has 11 heteroatoms. The minimum absolute atomic E-state index is 0.0646. The van der Waals surface area contributed by atoms with Crippen LogP contribution in [0.15, 0.2) is 59.6 Å². The topological polar surface area (TPSA) is 123 Å². The maximum atomic E-state index is 13.4. The number of nitrogens with zero attached hydrogens (tertiary/aromatic N) is 3. The molecule has 3 aromatic rings. The number of para-hydroxylation sites is 1. The van der Waals surface area contributed by atoms with E-state index in [2.05, 4.69) is 15.7 Å². The second-order valence-corrected chi connectivity index (χ2v) is 9.53. The molecule has 34 heavy (non-hydrogen) atoms. The van der Waals surface area contributed by atoms with Crippen LogP contribution in [0.1, 0.15) is 29.3 Å². The van der Waals surface area contributed by atoms with Gasteiger partial charge in [-0.1, -0.05) is 24.3 Å². The summed E-state index contributed by atoms with van der Waals surface area (Å²) in [5.74, 6) is -0.453. The minimum Gasteiger partial charge on any atom is -0.462 e. The van der Waals surface area contributed by atoms with Crippen molar-refractivity contribution in [3.05, 3.63) is 65.9 Å². The number of benzene rings is 2. The molecule has 2 N–H and O–H groups in total. The van der Waals surface area contributed by atoms with Gasteiger partial charge < -0.3 is 10.1 Å². The fraction of sp³-hybridized carbons (Fsp3) is 0.261. The van der Waals surface area contributed by atoms with Crippen molar-refractivity contribution in [1.82, 2.24) is 9.78 Å². The van der Waals surface area contributed by atoms with Crippen molar-refractivity contribution in [3.8, 4) is 0 Å². The lowest BCUT2D eigenvalue weighted by molar-refractivity contribution is 0.0527. The Bertz CT molecular complexity index is 1340. The van der Waals surface area contributed by atoms with Crippen LogP contribution in [-0.4, -0.2) is 43.4 Å². The van der Waals surface area contributed by atoms with Gasteiger partial charge in [0.2, 0.25) is 0 Å². The number of anilines is 3. The number of carbonyl (C=O) groups is 2. The van der Waals surface area contributed by atoms with E-state index < -0.39 is 22.0 Å². The first-order chi connectivity index (χ1) is 16.3. The number of aromatic nitrogens is 2. The van der Waals surface area contributed by atoms with Gasteiger partial charge in [0.1, 0.15) is 11.4 Å². The number of carbonyl (C=O) groups excluding carboxylic acids is 2. The Morgan fingerprint density at radius 3 is 2.71 bits per heavy atom. The quantitative estimate of drug-likeness (QED) is 0.518. The monoisotopic (exact) mass is 483 g/mol. The summed E-state index contributed by atoms with van der Waals surface area (Å²) in [6.45, 7) is 2.24. The highest BCUT2D eigenvalue weighted by atomic mass is 32.2. The zero-order valence-corrected chi connectivity index (χ0v) is 19.6. The van der Waals surface area contributed by atoms with E-state index in [0.717, 1.165) is 18.4 Å². The van der Waals surface area contributed by atoms with Gasteiger partial charge in [0.25, 0.3) is 10.0 Å². The summed E-state index contributed by atoms with van der Waals surface area (Å²) < 4.78 is 34.5. The number of amides is 2. The third-order valence-corrected chi connectivity index (χ3v) is 7.22. The largest absolute Gasteiger partial charge is 0.462 e. The molecule has 0 bridgehead atoms. The van der Waals surface area contributed by atoms with E-state index in [-0.39, 0.29) is 28.6 Å². The Kier molecular flexibility index (Phi) is 6.55. The molecule has 2 aromatic carbocycles. The number of nitrogens with one attached hydrogen (secondary N) is 2. The van der Waals surface area contributed by atoms with Gasteiger partial charge in [-0.25, -0.2) is 18.0 Å². The summed E-state index contributed by atoms with van der Waals surface area (Å²) >= 11 is 0. The van der Waals surface area contributed by atoms with Crippen LogP contribution in [0.25, 0.3) is 0 Å². The average molecular weight is 484 g/mol. The van der Waals surface area contributed by atoms with Gasteiger partial charge in [-0.05, 0) is 49.6 Å². The molecule has 0 atom stereocenters. The van der Waals surface area contributed by atoms with Crippen molar-refractivity contribution in [2.75, 3.05) is 28.1 Å². The standard InChI is InChI=1S/C23H25N5O5S/c1-3-33-22(29)19-15-24-27(2)21(19)26-23(30)25-17-10-6-11-18(14-17)34(31,32)28-13-7-9-16-8-4-5-12-20(16)28/h4-6,8,10-12,14-15H,3,7,9,13H2,1-2H3,(H2,25,26,30). The second kappa shape index (κ2) is 9.56. The second-order valence-electron chi connectivity index (χ2n) is 7.67. The predicted molar refractivity (Wildman–Crippen MR) is 128 cm³/mol. The molecule has 0 radical (unpaired) electrons. The normalized spacial score (nSPS) is 13.2. The lowest BCUT2D eigenvalue weighted by Gasteiger charge is -2.30. The molecule has 1 aliphatic rings. The van der Waals surface area contributed by atoms with Gasteiger partial charge in [-0.2, -0.15) is 5.10 Å². The Balaban J connectivity index is 1.54. The van der Waals surface area contributed by atoms with Crippen molar-refractivity contribution < 1.29 is 22.7 Å². The van der Waals surface area contributed by atoms with Crippen molar-refractivity contribution in [3.63, 3.8) is 0 Å². The number of ether oxygens (including phenoxy) is 1. The number of urea groups is 1.